The van der Waals surface area contributed by atoms with Crippen molar-refractivity contribution in [3.63, 3.8) is 0 Å². The molecule has 2 aromatic carbocycles. The van der Waals surface area contributed by atoms with Gasteiger partial charge in [0.15, 0.2) is 0 Å². The van der Waals surface area contributed by atoms with E-state index in [0.29, 0.717) is 29.8 Å². The molecule has 2 heterocycles. The van der Waals surface area contributed by atoms with E-state index in [2.05, 4.69) is 25.9 Å². The van der Waals surface area contributed by atoms with Crippen LogP contribution >= 0.6 is 0 Å². The van der Waals surface area contributed by atoms with Gasteiger partial charge < -0.3 is 14.0 Å². The van der Waals surface area contributed by atoms with Gasteiger partial charge in [0, 0.05) is 35.6 Å². The summed E-state index contributed by atoms with van der Waals surface area (Å²) in [4.78, 5) is 20.7. The van der Waals surface area contributed by atoms with Crippen molar-refractivity contribution in [2.45, 2.75) is 57.8 Å². The van der Waals surface area contributed by atoms with Crippen molar-refractivity contribution in [1.82, 2.24) is 14.5 Å². The Morgan fingerprint density at radius 1 is 1.16 bits per heavy atom. The highest BCUT2D eigenvalue weighted by Crippen LogP contribution is 2.43. The van der Waals surface area contributed by atoms with Gasteiger partial charge in [0.25, 0.3) is 0 Å². The molecule has 6 rings (SSSR count). The number of carbonyl (C=O) groups is 1. The van der Waals surface area contributed by atoms with Crippen molar-refractivity contribution in [1.29, 1.82) is 5.26 Å². The fraction of sp³-hybridized carbons (Fsp3) is 0.333. The van der Waals surface area contributed by atoms with Crippen LogP contribution < -0.4 is 10.1 Å². The molecule has 0 aliphatic heterocycles. The zero-order valence-electron chi connectivity index (χ0n) is 21.3. The van der Waals surface area contributed by atoms with Gasteiger partial charge in [0.2, 0.25) is 0 Å². The fourth-order valence-electron chi connectivity index (χ4n) is 5.05. The molecule has 2 saturated carbocycles. The first kappa shape index (κ1) is 24.0. The lowest BCUT2D eigenvalue weighted by Crippen LogP contribution is -2.21. The van der Waals surface area contributed by atoms with Gasteiger partial charge in [-0.1, -0.05) is 12.1 Å². The van der Waals surface area contributed by atoms with Crippen molar-refractivity contribution < 1.29 is 14.3 Å². The van der Waals surface area contributed by atoms with E-state index in [9.17, 15) is 10.1 Å². The monoisotopic (exact) mass is 507 g/mol. The highest BCUT2D eigenvalue weighted by atomic mass is 16.6. The van der Waals surface area contributed by atoms with Gasteiger partial charge in [0.1, 0.15) is 24.5 Å². The molecule has 2 aliphatic carbocycles. The van der Waals surface area contributed by atoms with E-state index in [1.807, 2.05) is 49.4 Å². The van der Waals surface area contributed by atoms with E-state index in [0.717, 1.165) is 59.3 Å². The van der Waals surface area contributed by atoms with Gasteiger partial charge in [-0.2, -0.15) is 5.26 Å². The molecule has 0 spiro atoms. The van der Waals surface area contributed by atoms with Crippen LogP contribution in [0.5, 0.6) is 5.75 Å². The summed E-state index contributed by atoms with van der Waals surface area (Å²) < 4.78 is 13.8. The second kappa shape index (κ2) is 10.2. The third-order valence-electron chi connectivity index (χ3n) is 7.51. The molecule has 0 radical (unpaired) electrons. The molecule has 4 aromatic rings. The van der Waals surface area contributed by atoms with Gasteiger partial charge in [-0.3, -0.25) is 15.3 Å². The Hall–Kier alpha value is -4.38. The SMILES string of the molecule is CC(OC(=O)Nc1ccc(-c2c(C#N)c3ccc(OCc4cnccn4)cc3n2C2CCC2)cc1)C1CC1. The number of ether oxygens (including phenoxy) is 2. The second-order valence-electron chi connectivity index (χ2n) is 10.1. The van der Waals surface area contributed by atoms with Crippen LogP contribution in [0.4, 0.5) is 10.5 Å². The lowest BCUT2D eigenvalue weighted by molar-refractivity contribution is 0.108. The van der Waals surface area contributed by atoms with Crippen LogP contribution in [-0.4, -0.2) is 26.7 Å². The summed E-state index contributed by atoms with van der Waals surface area (Å²) in [6.07, 6.45) is 10.0. The normalized spacial score (nSPS) is 15.9. The van der Waals surface area contributed by atoms with Crippen LogP contribution in [0, 0.1) is 17.2 Å². The number of aromatic nitrogens is 3. The number of anilines is 1. The predicted octanol–water partition coefficient (Wildman–Crippen LogP) is 6.62. The largest absolute Gasteiger partial charge is 0.487 e. The van der Waals surface area contributed by atoms with Crippen LogP contribution in [-0.2, 0) is 11.3 Å². The number of nitrogens with zero attached hydrogens (tertiary/aromatic N) is 4. The number of rotatable bonds is 8. The van der Waals surface area contributed by atoms with Crippen LogP contribution in [0.2, 0.25) is 0 Å². The van der Waals surface area contributed by atoms with Gasteiger partial charge >= 0.3 is 6.09 Å². The smallest absolute Gasteiger partial charge is 0.411 e. The van der Waals surface area contributed by atoms with Crippen LogP contribution in [0.15, 0.2) is 61.1 Å². The lowest BCUT2D eigenvalue weighted by atomic mass is 9.92. The third kappa shape index (κ3) is 4.80. The van der Waals surface area contributed by atoms with Crippen LogP contribution in [0.25, 0.3) is 22.2 Å². The average Bonchev–Trinajstić information content (AvgIpc) is 3.71. The van der Waals surface area contributed by atoms with E-state index in [1.54, 1.807) is 18.6 Å². The molecule has 0 bridgehead atoms. The Balaban J connectivity index is 1.30. The molecule has 8 nitrogen and oxygen atoms in total. The van der Waals surface area contributed by atoms with Crippen molar-refractivity contribution in [3.05, 3.63) is 72.3 Å². The number of amides is 1. The molecule has 38 heavy (non-hydrogen) atoms. The summed E-state index contributed by atoms with van der Waals surface area (Å²) in [6, 6.07) is 16.3. The zero-order valence-corrected chi connectivity index (χ0v) is 21.3. The highest BCUT2D eigenvalue weighted by molar-refractivity contribution is 5.96. The summed E-state index contributed by atoms with van der Waals surface area (Å²) in [5.41, 5.74) is 4.86. The number of hydrogen-bond acceptors (Lipinski definition) is 6. The highest BCUT2D eigenvalue weighted by Gasteiger charge is 2.31. The predicted molar refractivity (Wildman–Crippen MR) is 144 cm³/mol. The van der Waals surface area contributed by atoms with Crippen molar-refractivity contribution in [2.75, 3.05) is 5.32 Å². The van der Waals surface area contributed by atoms with Gasteiger partial charge in [-0.25, -0.2) is 4.79 Å². The average molecular weight is 508 g/mol. The molecule has 1 unspecified atom stereocenters. The molecular weight excluding hydrogens is 478 g/mol. The molecule has 1 N–H and O–H groups in total. The lowest BCUT2D eigenvalue weighted by Gasteiger charge is -2.30. The van der Waals surface area contributed by atoms with E-state index in [-0.39, 0.29) is 6.10 Å². The molecule has 2 aromatic heterocycles. The topological polar surface area (TPSA) is 102 Å². The molecule has 2 fully saturated rings. The molecule has 0 saturated heterocycles. The summed E-state index contributed by atoms with van der Waals surface area (Å²) in [5.74, 6) is 1.20. The minimum Gasteiger partial charge on any atom is -0.487 e. The molecule has 2 aliphatic rings. The first-order valence-electron chi connectivity index (χ1n) is 13.1. The summed E-state index contributed by atoms with van der Waals surface area (Å²) in [7, 11) is 0. The Labute approximate surface area is 221 Å². The van der Waals surface area contributed by atoms with Crippen LogP contribution in [0.3, 0.4) is 0 Å². The van der Waals surface area contributed by atoms with E-state index in [4.69, 9.17) is 9.47 Å². The maximum Gasteiger partial charge on any atom is 0.411 e. The van der Waals surface area contributed by atoms with Crippen molar-refractivity contribution >= 4 is 22.7 Å². The van der Waals surface area contributed by atoms with Crippen molar-refractivity contribution in [3.8, 4) is 23.1 Å². The Kier molecular flexibility index (Phi) is 6.42. The van der Waals surface area contributed by atoms with E-state index in [1.165, 1.54) is 6.42 Å². The second-order valence-corrected chi connectivity index (χ2v) is 10.1. The minimum absolute atomic E-state index is 0.0693. The Morgan fingerprint density at radius 2 is 1.97 bits per heavy atom. The minimum atomic E-state index is -0.438. The Bertz CT molecular complexity index is 1500. The summed E-state index contributed by atoms with van der Waals surface area (Å²) >= 11 is 0. The Morgan fingerprint density at radius 3 is 2.63 bits per heavy atom. The molecule has 8 heteroatoms. The van der Waals surface area contributed by atoms with Gasteiger partial charge in [-0.15, -0.1) is 0 Å². The molecule has 1 atom stereocenters. The zero-order chi connectivity index (χ0) is 26.1. The maximum atomic E-state index is 12.3. The summed E-state index contributed by atoms with van der Waals surface area (Å²) in [6.45, 7) is 2.26. The number of benzene rings is 2. The molecule has 192 valence electrons. The van der Waals surface area contributed by atoms with E-state index < -0.39 is 6.09 Å². The first-order chi connectivity index (χ1) is 18.6. The third-order valence-corrected chi connectivity index (χ3v) is 7.51. The quantitative estimate of drug-likeness (QED) is 0.287. The number of nitriles is 1. The number of hydrogen-bond donors (Lipinski definition) is 1. The van der Waals surface area contributed by atoms with Gasteiger partial charge in [0.05, 0.1) is 28.7 Å². The van der Waals surface area contributed by atoms with E-state index >= 15 is 0 Å². The standard InChI is InChI=1S/C30H29N5O3/c1-19(20-5-6-20)38-30(36)34-22-9-7-21(8-10-22)29-27(16-31)26-12-11-25(37-18-23-17-32-13-14-33-23)15-28(26)35(29)24-3-2-4-24/h7-15,17,19-20,24H,2-6,18H2,1H3,(H,34,36). The first-order valence-corrected chi connectivity index (χ1v) is 13.1. The number of carbonyl (C=O) groups excluding carboxylic acids is 1. The van der Waals surface area contributed by atoms with Crippen molar-refractivity contribution in [2.24, 2.45) is 5.92 Å². The number of nitrogens with one attached hydrogen (secondary N) is 1. The fourth-order valence-corrected chi connectivity index (χ4v) is 5.05. The van der Waals surface area contributed by atoms with Gasteiger partial charge in [-0.05, 0) is 74.8 Å². The molecule has 1 amide bonds. The number of fused-ring (bicyclic) bond motifs is 1. The molecular formula is C30H29N5O3. The maximum absolute atomic E-state index is 12.3. The summed E-state index contributed by atoms with van der Waals surface area (Å²) in [5, 5.41) is 13.9. The van der Waals surface area contributed by atoms with Crippen LogP contribution in [0.1, 0.15) is 56.3 Å².